The van der Waals surface area contributed by atoms with Crippen LogP contribution in [0, 0.1) is 17.7 Å². The fourth-order valence-corrected chi connectivity index (χ4v) is 2.96. The van der Waals surface area contributed by atoms with Crippen molar-refractivity contribution in [3.05, 3.63) is 35.6 Å². The molecule has 0 aliphatic carbocycles. The van der Waals surface area contributed by atoms with Gasteiger partial charge in [0.1, 0.15) is 5.82 Å². The Morgan fingerprint density at radius 3 is 2.95 bits per heavy atom. The second-order valence-corrected chi connectivity index (χ2v) is 6.13. The third-order valence-electron chi connectivity index (χ3n) is 4.40. The zero-order valence-electron chi connectivity index (χ0n) is 13.0. The lowest BCUT2D eigenvalue weighted by Crippen LogP contribution is -2.36. The predicted octanol–water partition coefficient (Wildman–Crippen LogP) is 2.00. The second kappa shape index (κ2) is 8.25. The van der Waals surface area contributed by atoms with Gasteiger partial charge in [0.15, 0.2) is 0 Å². The van der Waals surface area contributed by atoms with Crippen molar-refractivity contribution >= 4 is 5.91 Å². The number of carbonyl (C=O) groups is 1. The fourth-order valence-electron chi connectivity index (χ4n) is 2.96. The van der Waals surface area contributed by atoms with Crippen LogP contribution >= 0.6 is 0 Å². The smallest absolute Gasteiger partial charge is 0.220 e. The van der Waals surface area contributed by atoms with Crippen molar-refractivity contribution in [3.8, 4) is 0 Å². The minimum absolute atomic E-state index is 0.0371. The molecule has 22 heavy (non-hydrogen) atoms. The van der Waals surface area contributed by atoms with Gasteiger partial charge in [-0.05, 0) is 43.8 Å². The van der Waals surface area contributed by atoms with Crippen LogP contribution in [0.4, 0.5) is 4.39 Å². The molecule has 1 fully saturated rings. The van der Waals surface area contributed by atoms with Gasteiger partial charge in [-0.3, -0.25) is 4.79 Å². The lowest BCUT2D eigenvalue weighted by Gasteiger charge is -2.28. The Labute approximate surface area is 131 Å². The number of hydrogen-bond acceptors (Lipinski definition) is 3. The van der Waals surface area contributed by atoms with E-state index >= 15 is 0 Å². The number of nitrogens with one attached hydrogen (secondary N) is 2. The van der Waals surface area contributed by atoms with Gasteiger partial charge in [-0.1, -0.05) is 25.1 Å². The third-order valence-corrected chi connectivity index (χ3v) is 4.40. The number of halogens is 1. The Balaban J connectivity index is 1.76. The summed E-state index contributed by atoms with van der Waals surface area (Å²) in [5, 5.41) is 16.0. The molecule has 1 aromatic carbocycles. The van der Waals surface area contributed by atoms with E-state index in [1.165, 1.54) is 12.1 Å². The molecule has 0 bridgehead atoms. The topological polar surface area (TPSA) is 61.4 Å². The van der Waals surface area contributed by atoms with E-state index < -0.39 is 11.9 Å². The van der Waals surface area contributed by atoms with Gasteiger partial charge in [0.2, 0.25) is 5.91 Å². The van der Waals surface area contributed by atoms with E-state index in [4.69, 9.17) is 0 Å². The Hall–Kier alpha value is -1.46. The molecule has 1 aromatic rings. The molecule has 2 rings (SSSR count). The highest BCUT2D eigenvalue weighted by Gasteiger charge is 2.22. The van der Waals surface area contributed by atoms with E-state index in [0.717, 1.165) is 25.9 Å². The quantitative estimate of drug-likeness (QED) is 0.753. The number of aliphatic hydroxyl groups is 1. The first-order valence-electron chi connectivity index (χ1n) is 7.98. The standard InChI is InChI=1S/C17H25FN2O2/c1-12(13-5-4-8-19-10-13)9-17(22)20-11-16(21)14-6-2-3-7-15(14)18/h2-3,6-7,12-13,16,19,21H,4-5,8-11H2,1H3,(H,20,22). The van der Waals surface area contributed by atoms with Crippen molar-refractivity contribution in [1.82, 2.24) is 10.6 Å². The molecule has 3 N–H and O–H groups in total. The molecule has 3 unspecified atom stereocenters. The van der Waals surface area contributed by atoms with Crippen LogP contribution < -0.4 is 10.6 Å². The Morgan fingerprint density at radius 2 is 2.27 bits per heavy atom. The highest BCUT2D eigenvalue weighted by Crippen LogP contribution is 2.22. The van der Waals surface area contributed by atoms with E-state index in [1.54, 1.807) is 12.1 Å². The molecule has 5 heteroatoms. The first kappa shape index (κ1) is 16.9. The summed E-state index contributed by atoms with van der Waals surface area (Å²) >= 11 is 0. The number of rotatable bonds is 6. The molecule has 3 atom stereocenters. The van der Waals surface area contributed by atoms with Gasteiger partial charge in [0.25, 0.3) is 0 Å². The van der Waals surface area contributed by atoms with Crippen molar-refractivity contribution in [1.29, 1.82) is 0 Å². The van der Waals surface area contributed by atoms with Crippen LogP contribution in [-0.4, -0.2) is 30.6 Å². The molecule has 1 aliphatic rings. The molecule has 1 aliphatic heterocycles. The third kappa shape index (κ3) is 4.78. The normalized spacial score (nSPS) is 21.1. The monoisotopic (exact) mass is 308 g/mol. The summed E-state index contributed by atoms with van der Waals surface area (Å²) in [6.07, 6.45) is 1.73. The molecule has 122 valence electrons. The van der Waals surface area contributed by atoms with Crippen molar-refractivity contribution in [2.75, 3.05) is 19.6 Å². The average Bonchev–Trinajstić information content (AvgIpc) is 2.54. The largest absolute Gasteiger partial charge is 0.386 e. The number of carbonyl (C=O) groups excluding carboxylic acids is 1. The molecule has 4 nitrogen and oxygen atoms in total. The van der Waals surface area contributed by atoms with Crippen LogP contribution in [0.25, 0.3) is 0 Å². The van der Waals surface area contributed by atoms with E-state index in [-0.39, 0.29) is 18.0 Å². The van der Waals surface area contributed by atoms with E-state index in [1.807, 2.05) is 0 Å². The van der Waals surface area contributed by atoms with Gasteiger partial charge in [-0.2, -0.15) is 0 Å². The SMILES string of the molecule is CC(CC(=O)NCC(O)c1ccccc1F)C1CCCNC1. The van der Waals surface area contributed by atoms with Crippen LogP contribution in [-0.2, 0) is 4.79 Å². The Morgan fingerprint density at radius 1 is 1.50 bits per heavy atom. The van der Waals surface area contributed by atoms with Crippen LogP contribution in [0.3, 0.4) is 0 Å². The van der Waals surface area contributed by atoms with Crippen molar-refractivity contribution < 1.29 is 14.3 Å². The minimum Gasteiger partial charge on any atom is -0.386 e. The van der Waals surface area contributed by atoms with Crippen LogP contribution in [0.15, 0.2) is 24.3 Å². The maximum atomic E-state index is 13.5. The highest BCUT2D eigenvalue weighted by molar-refractivity contribution is 5.76. The predicted molar refractivity (Wildman–Crippen MR) is 83.7 cm³/mol. The highest BCUT2D eigenvalue weighted by atomic mass is 19.1. The van der Waals surface area contributed by atoms with E-state index in [9.17, 15) is 14.3 Å². The summed E-state index contributed by atoms with van der Waals surface area (Å²) in [5.41, 5.74) is 0.215. The Bertz CT molecular complexity index is 489. The van der Waals surface area contributed by atoms with Gasteiger partial charge in [-0.25, -0.2) is 4.39 Å². The van der Waals surface area contributed by atoms with Gasteiger partial charge >= 0.3 is 0 Å². The summed E-state index contributed by atoms with van der Waals surface area (Å²) in [7, 11) is 0. The van der Waals surface area contributed by atoms with Gasteiger partial charge < -0.3 is 15.7 Å². The Kier molecular flexibility index (Phi) is 6.34. The van der Waals surface area contributed by atoms with Gasteiger partial charge in [0, 0.05) is 18.5 Å². The van der Waals surface area contributed by atoms with Crippen LogP contribution in [0.5, 0.6) is 0 Å². The van der Waals surface area contributed by atoms with Crippen molar-refractivity contribution in [2.45, 2.75) is 32.3 Å². The van der Waals surface area contributed by atoms with E-state index in [2.05, 4.69) is 17.6 Å². The summed E-state index contributed by atoms with van der Waals surface area (Å²) in [4.78, 5) is 12.0. The average molecular weight is 308 g/mol. The minimum atomic E-state index is -1.02. The van der Waals surface area contributed by atoms with Gasteiger partial charge in [0.05, 0.1) is 6.10 Å². The van der Waals surface area contributed by atoms with Gasteiger partial charge in [-0.15, -0.1) is 0 Å². The lowest BCUT2D eigenvalue weighted by molar-refractivity contribution is -0.122. The molecule has 1 amide bonds. The molecule has 0 radical (unpaired) electrons. The zero-order chi connectivity index (χ0) is 15.9. The molecule has 0 spiro atoms. The zero-order valence-corrected chi connectivity index (χ0v) is 13.0. The van der Waals surface area contributed by atoms with Crippen molar-refractivity contribution in [3.63, 3.8) is 0 Å². The number of amides is 1. The van der Waals surface area contributed by atoms with Crippen LogP contribution in [0.1, 0.15) is 37.9 Å². The summed E-state index contributed by atoms with van der Waals surface area (Å²) in [5.74, 6) is 0.286. The summed E-state index contributed by atoms with van der Waals surface area (Å²) < 4.78 is 13.5. The van der Waals surface area contributed by atoms with E-state index in [0.29, 0.717) is 18.3 Å². The fraction of sp³-hybridized carbons (Fsp3) is 0.588. The summed E-state index contributed by atoms with van der Waals surface area (Å²) in [6.45, 7) is 4.15. The summed E-state index contributed by atoms with van der Waals surface area (Å²) in [6, 6.07) is 6.08. The molecule has 0 saturated carbocycles. The molecule has 1 saturated heterocycles. The first-order valence-corrected chi connectivity index (χ1v) is 7.98. The number of benzene rings is 1. The second-order valence-electron chi connectivity index (χ2n) is 6.13. The number of aliphatic hydroxyl groups excluding tert-OH is 1. The number of piperidine rings is 1. The molecular formula is C17H25FN2O2. The lowest BCUT2D eigenvalue weighted by atomic mass is 9.85. The van der Waals surface area contributed by atoms with Crippen LogP contribution in [0.2, 0.25) is 0 Å². The maximum absolute atomic E-state index is 13.5. The molecule has 1 heterocycles. The molecular weight excluding hydrogens is 283 g/mol. The maximum Gasteiger partial charge on any atom is 0.220 e. The first-order chi connectivity index (χ1) is 10.6. The molecule has 0 aromatic heterocycles. The van der Waals surface area contributed by atoms with Crippen molar-refractivity contribution in [2.24, 2.45) is 11.8 Å². The number of hydrogen-bond donors (Lipinski definition) is 3.